The predicted octanol–water partition coefficient (Wildman–Crippen LogP) is 4.17. The number of thiophene rings is 1. The van der Waals surface area contributed by atoms with E-state index in [4.69, 9.17) is 9.47 Å². The Hall–Kier alpha value is -3.04. The largest absolute Gasteiger partial charge is 0.465 e. The van der Waals surface area contributed by atoms with E-state index in [1.54, 1.807) is 0 Å². The zero-order valence-corrected chi connectivity index (χ0v) is 17.9. The van der Waals surface area contributed by atoms with Crippen LogP contribution in [-0.4, -0.2) is 39.8 Å². The number of hydrogen-bond acceptors (Lipinski definition) is 9. The number of benzene rings is 1. The zero-order chi connectivity index (χ0) is 21.1. The molecule has 0 N–H and O–H groups in total. The molecule has 0 radical (unpaired) electrons. The number of carbonyl (C=O) groups excluding carboxylic acids is 2. The zero-order valence-electron chi connectivity index (χ0n) is 16.2. The van der Waals surface area contributed by atoms with Crippen LogP contribution in [0.25, 0.3) is 21.1 Å². The van der Waals surface area contributed by atoms with Gasteiger partial charge in [-0.05, 0) is 30.0 Å². The van der Waals surface area contributed by atoms with E-state index in [1.165, 1.54) is 36.5 Å². The van der Waals surface area contributed by atoms with E-state index in [-0.39, 0.29) is 12.4 Å². The van der Waals surface area contributed by atoms with Gasteiger partial charge in [0, 0.05) is 10.8 Å². The Kier molecular flexibility index (Phi) is 5.91. The van der Waals surface area contributed by atoms with E-state index < -0.39 is 11.9 Å². The Bertz CT molecular complexity index is 1260. The van der Waals surface area contributed by atoms with E-state index in [9.17, 15) is 9.59 Å². The van der Waals surface area contributed by atoms with Crippen LogP contribution in [0.3, 0.4) is 0 Å². The van der Waals surface area contributed by atoms with Crippen molar-refractivity contribution in [3.63, 3.8) is 0 Å². The highest BCUT2D eigenvalue weighted by Crippen LogP contribution is 2.28. The molecule has 7 nitrogen and oxygen atoms in total. The molecule has 4 aromatic rings. The Labute approximate surface area is 180 Å². The van der Waals surface area contributed by atoms with E-state index >= 15 is 0 Å². The van der Waals surface area contributed by atoms with Crippen molar-refractivity contribution in [1.29, 1.82) is 0 Å². The molecule has 0 fully saturated rings. The molecule has 4 rings (SSSR count). The van der Waals surface area contributed by atoms with Crippen LogP contribution in [0.1, 0.15) is 21.6 Å². The number of thioether (sulfide) groups is 1. The minimum atomic E-state index is -0.507. The SMILES string of the molecule is COC(=O)c1c(COC(=O)CSc2ncnc3sccc23)nc2ccccc2c1C. The molecular weight excluding hydrogens is 422 g/mol. The van der Waals surface area contributed by atoms with Gasteiger partial charge in [0.25, 0.3) is 0 Å². The Morgan fingerprint density at radius 1 is 1.13 bits per heavy atom. The molecule has 0 saturated carbocycles. The number of methoxy groups -OCH3 is 1. The van der Waals surface area contributed by atoms with Crippen molar-refractivity contribution in [2.24, 2.45) is 0 Å². The third-order valence-corrected chi connectivity index (χ3v) is 6.34. The highest BCUT2D eigenvalue weighted by molar-refractivity contribution is 8.00. The van der Waals surface area contributed by atoms with Crippen LogP contribution < -0.4 is 0 Å². The molecule has 3 aromatic heterocycles. The smallest absolute Gasteiger partial charge is 0.340 e. The number of carbonyl (C=O) groups is 2. The van der Waals surface area contributed by atoms with Gasteiger partial charge in [0.05, 0.1) is 29.6 Å². The first kappa shape index (κ1) is 20.2. The average molecular weight is 440 g/mol. The maximum atomic E-state index is 12.3. The van der Waals surface area contributed by atoms with Crippen LogP contribution in [0.5, 0.6) is 0 Å². The summed E-state index contributed by atoms with van der Waals surface area (Å²) < 4.78 is 10.3. The van der Waals surface area contributed by atoms with Crippen molar-refractivity contribution in [1.82, 2.24) is 15.0 Å². The molecule has 0 amide bonds. The van der Waals surface area contributed by atoms with Gasteiger partial charge in [0.2, 0.25) is 0 Å². The second-order valence-electron chi connectivity index (χ2n) is 6.33. The third-order valence-electron chi connectivity index (χ3n) is 4.54. The number of ether oxygens (including phenoxy) is 2. The number of aromatic nitrogens is 3. The van der Waals surface area contributed by atoms with Crippen LogP contribution in [-0.2, 0) is 20.9 Å². The van der Waals surface area contributed by atoms with Gasteiger partial charge in [0.15, 0.2) is 0 Å². The van der Waals surface area contributed by atoms with Crippen molar-refractivity contribution in [2.75, 3.05) is 12.9 Å². The van der Waals surface area contributed by atoms with Crippen molar-refractivity contribution in [2.45, 2.75) is 18.6 Å². The number of hydrogen-bond donors (Lipinski definition) is 0. The minimum absolute atomic E-state index is 0.0854. The van der Waals surface area contributed by atoms with Crippen LogP contribution >= 0.6 is 23.1 Å². The number of pyridine rings is 1. The Morgan fingerprint density at radius 3 is 2.80 bits per heavy atom. The summed E-state index contributed by atoms with van der Waals surface area (Å²) >= 11 is 2.81. The van der Waals surface area contributed by atoms with Crippen LogP contribution in [0.4, 0.5) is 0 Å². The molecule has 0 saturated heterocycles. The molecule has 9 heteroatoms. The summed E-state index contributed by atoms with van der Waals surface area (Å²) in [6.07, 6.45) is 1.48. The molecule has 0 bridgehead atoms. The van der Waals surface area contributed by atoms with Gasteiger partial charge in [-0.2, -0.15) is 0 Å². The summed E-state index contributed by atoms with van der Waals surface area (Å²) in [6.45, 7) is 1.71. The molecule has 30 heavy (non-hydrogen) atoms. The normalized spacial score (nSPS) is 11.0. The summed E-state index contributed by atoms with van der Waals surface area (Å²) in [7, 11) is 1.32. The standard InChI is InChI=1S/C21H17N3O4S2/c1-12-13-5-3-4-6-15(13)24-16(18(12)21(26)27-2)9-28-17(25)10-30-20-14-7-8-29-19(14)22-11-23-20/h3-8,11H,9-10H2,1-2H3. The Balaban J connectivity index is 1.50. The lowest BCUT2D eigenvalue weighted by Gasteiger charge is -2.13. The van der Waals surface area contributed by atoms with Crippen molar-refractivity contribution < 1.29 is 19.1 Å². The summed E-state index contributed by atoms with van der Waals surface area (Å²) in [4.78, 5) is 38.5. The first-order valence-corrected chi connectivity index (χ1v) is 10.9. The first-order valence-electron chi connectivity index (χ1n) is 9.01. The van der Waals surface area contributed by atoms with Gasteiger partial charge in [0.1, 0.15) is 22.8 Å². The molecule has 0 unspecified atom stereocenters. The molecule has 3 heterocycles. The fourth-order valence-corrected chi connectivity index (χ4v) is 4.70. The van der Waals surface area contributed by atoms with Crippen molar-refractivity contribution in [3.05, 3.63) is 58.9 Å². The van der Waals surface area contributed by atoms with Crippen LogP contribution in [0, 0.1) is 6.92 Å². The minimum Gasteiger partial charge on any atom is -0.465 e. The summed E-state index contributed by atoms with van der Waals surface area (Å²) in [5, 5.41) is 4.43. The maximum absolute atomic E-state index is 12.3. The number of esters is 2. The van der Waals surface area contributed by atoms with Gasteiger partial charge in [-0.15, -0.1) is 11.3 Å². The quantitative estimate of drug-likeness (QED) is 0.251. The maximum Gasteiger partial charge on any atom is 0.340 e. The lowest BCUT2D eigenvalue weighted by molar-refractivity contribution is -0.141. The van der Waals surface area contributed by atoms with Gasteiger partial charge in [-0.3, -0.25) is 4.79 Å². The monoisotopic (exact) mass is 439 g/mol. The molecular formula is C21H17N3O4S2. The van der Waals surface area contributed by atoms with E-state index in [0.29, 0.717) is 11.3 Å². The summed E-state index contributed by atoms with van der Waals surface area (Å²) in [6, 6.07) is 9.42. The summed E-state index contributed by atoms with van der Waals surface area (Å²) in [5.41, 5.74) is 2.17. The first-order chi connectivity index (χ1) is 14.6. The number of nitrogens with zero attached hydrogens (tertiary/aromatic N) is 3. The molecule has 0 aliphatic rings. The summed E-state index contributed by atoms with van der Waals surface area (Å²) in [5.74, 6) is -0.848. The molecule has 0 atom stereocenters. The second kappa shape index (κ2) is 8.76. The molecule has 1 aromatic carbocycles. The predicted molar refractivity (Wildman–Crippen MR) is 116 cm³/mol. The molecule has 0 aliphatic carbocycles. The number of aryl methyl sites for hydroxylation is 1. The van der Waals surface area contributed by atoms with Gasteiger partial charge >= 0.3 is 11.9 Å². The fourth-order valence-electron chi connectivity index (χ4n) is 3.12. The van der Waals surface area contributed by atoms with E-state index in [0.717, 1.165) is 31.7 Å². The van der Waals surface area contributed by atoms with E-state index in [1.807, 2.05) is 42.6 Å². The number of rotatable bonds is 6. The molecule has 0 aliphatic heterocycles. The lowest BCUT2D eigenvalue weighted by atomic mass is 10.0. The van der Waals surface area contributed by atoms with Crippen LogP contribution in [0.15, 0.2) is 47.1 Å². The lowest BCUT2D eigenvalue weighted by Crippen LogP contribution is -2.14. The van der Waals surface area contributed by atoms with Gasteiger partial charge in [-0.25, -0.2) is 19.7 Å². The highest BCUT2D eigenvalue weighted by atomic mass is 32.2. The topological polar surface area (TPSA) is 91.3 Å². The number of fused-ring (bicyclic) bond motifs is 2. The third kappa shape index (κ3) is 3.99. The number of para-hydroxylation sites is 1. The van der Waals surface area contributed by atoms with Crippen LogP contribution in [0.2, 0.25) is 0 Å². The van der Waals surface area contributed by atoms with E-state index in [2.05, 4.69) is 15.0 Å². The molecule has 0 spiro atoms. The molecule has 152 valence electrons. The van der Waals surface area contributed by atoms with Crippen molar-refractivity contribution >= 4 is 56.2 Å². The van der Waals surface area contributed by atoms with Gasteiger partial charge in [-0.1, -0.05) is 30.0 Å². The fraction of sp³-hybridized carbons (Fsp3) is 0.190. The average Bonchev–Trinajstić information content (AvgIpc) is 3.25. The Morgan fingerprint density at radius 2 is 1.97 bits per heavy atom. The second-order valence-corrected chi connectivity index (χ2v) is 8.19. The highest BCUT2D eigenvalue weighted by Gasteiger charge is 2.20. The van der Waals surface area contributed by atoms with Crippen molar-refractivity contribution in [3.8, 4) is 0 Å². The van der Waals surface area contributed by atoms with Gasteiger partial charge < -0.3 is 9.47 Å².